The van der Waals surface area contributed by atoms with Crippen molar-refractivity contribution in [2.24, 2.45) is 0 Å². The first-order chi connectivity index (χ1) is 13.1. The predicted molar refractivity (Wildman–Crippen MR) is 98.1 cm³/mol. The first-order valence-electron chi connectivity index (χ1n) is 8.43. The van der Waals surface area contributed by atoms with Crippen LogP contribution in [0.1, 0.15) is 0 Å². The van der Waals surface area contributed by atoms with E-state index in [1.54, 1.807) is 36.4 Å². The maximum atomic E-state index is 12.4. The van der Waals surface area contributed by atoms with Crippen molar-refractivity contribution in [3.05, 3.63) is 60.7 Å². The highest BCUT2D eigenvalue weighted by Crippen LogP contribution is 2.20. The quantitative estimate of drug-likeness (QED) is 0.338. The third-order valence-electron chi connectivity index (χ3n) is 4.11. The first kappa shape index (κ1) is 19.1. The van der Waals surface area contributed by atoms with Crippen molar-refractivity contribution < 1.29 is 24.9 Å². The zero-order chi connectivity index (χ0) is 19.2. The van der Waals surface area contributed by atoms with Crippen molar-refractivity contribution >= 4 is 17.3 Å². The summed E-state index contributed by atoms with van der Waals surface area (Å²) in [6, 6.07) is 17.9. The van der Waals surface area contributed by atoms with E-state index in [2.05, 4.69) is 21.7 Å². The molecule has 1 aliphatic heterocycles. The topological polar surface area (TPSA) is 135 Å². The van der Waals surface area contributed by atoms with E-state index in [1.165, 1.54) is 0 Å². The Morgan fingerprint density at radius 3 is 1.93 bits per heavy atom. The zero-order valence-electron chi connectivity index (χ0n) is 14.3. The molecule has 2 aromatic rings. The Bertz CT molecular complexity index is 733. The molecule has 0 aliphatic carbocycles. The van der Waals surface area contributed by atoms with Gasteiger partial charge in [-0.05, 0) is 24.3 Å². The van der Waals surface area contributed by atoms with Gasteiger partial charge in [-0.15, -0.1) is 0 Å². The number of benzene rings is 2. The van der Waals surface area contributed by atoms with Crippen LogP contribution in [0.2, 0.25) is 0 Å². The summed E-state index contributed by atoms with van der Waals surface area (Å²) in [5.41, 5.74) is 12.0. The summed E-state index contributed by atoms with van der Waals surface area (Å²) in [7, 11) is 0. The van der Waals surface area contributed by atoms with E-state index < -0.39 is 36.6 Å². The standard InChI is InChI=1S/C18H22N4O5/c23-13-14(24)16(17(26)21-19-11-7-3-1-4-8-11)27-18(15(13)25)22-20-12-9-5-2-6-10-12/h1-10,13-16,18-20,22-25H,(H,21,26)/t13-,14+,15-,16-,18+/m1/s1. The molecule has 3 rings (SSSR count). The number of carbonyl (C=O) groups is 1. The third-order valence-corrected chi connectivity index (χ3v) is 4.11. The second kappa shape index (κ2) is 8.80. The maximum absolute atomic E-state index is 12.4. The highest BCUT2D eigenvalue weighted by molar-refractivity contribution is 5.82. The van der Waals surface area contributed by atoms with Gasteiger partial charge in [0.05, 0.1) is 5.69 Å². The van der Waals surface area contributed by atoms with Gasteiger partial charge >= 0.3 is 0 Å². The van der Waals surface area contributed by atoms with Gasteiger partial charge in [0.15, 0.2) is 12.3 Å². The summed E-state index contributed by atoms with van der Waals surface area (Å²) in [5.74, 6) is -0.691. The third kappa shape index (κ3) is 4.73. The van der Waals surface area contributed by atoms with E-state index in [0.717, 1.165) is 0 Å². The van der Waals surface area contributed by atoms with Gasteiger partial charge < -0.3 is 25.5 Å². The molecule has 1 saturated heterocycles. The lowest BCUT2D eigenvalue weighted by Crippen LogP contribution is -2.65. The van der Waals surface area contributed by atoms with Crippen molar-refractivity contribution in [2.45, 2.75) is 30.6 Å². The molecule has 27 heavy (non-hydrogen) atoms. The average Bonchev–Trinajstić information content (AvgIpc) is 2.71. The molecular formula is C18H22N4O5. The van der Waals surface area contributed by atoms with Gasteiger partial charge in [0.1, 0.15) is 18.3 Å². The SMILES string of the molecule is O=C(NNc1ccccc1)[C@@H]1O[C@H](NNc2ccccc2)[C@H](O)[C@H](O)[C@@H]1O. The average molecular weight is 374 g/mol. The van der Waals surface area contributed by atoms with Crippen molar-refractivity contribution in [3.8, 4) is 0 Å². The number of nitrogens with one attached hydrogen (secondary N) is 4. The molecule has 0 unspecified atom stereocenters. The van der Waals surface area contributed by atoms with Crippen LogP contribution < -0.4 is 21.7 Å². The summed E-state index contributed by atoms with van der Waals surface area (Å²) in [6.45, 7) is 0. The Hall–Kier alpha value is -2.69. The second-order valence-corrected chi connectivity index (χ2v) is 6.06. The number of anilines is 2. The number of aliphatic hydroxyl groups excluding tert-OH is 3. The van der Waals surface area contributed by atoms with E-state index >= 15 is 0 Å². The minimum absolute atomic E-state index is 0.636. The zero-order valence-corrected chi connectivity index (χ0v) is 14.3. The molecule has 5 atom stereocenters. The Morgan fingerprint density at radius 1 is 0.778 bits per heavy atom. The molecular weight excluding hydrogens is 352 g/mol. The number of ether oxygens (including phenoxy) is 1. The summed E-state index contributed by atoms with van der Waals surface area (Å²) in [4.78, 5) is 12.4. The maximum Gasteiger partial charge on any atom is 0.270 e. The van der Waals surface area contributed by atoms with E-state index in [9.17, 15) is 20.1 Å². The van der Waals surface area contributed by atoms with Crippen LogP contribution in [0.3, 0.4) is 0 Å². The highest BCUT2D eigenvalue weighted by atomic mass is 16.6. The Kier molecular flexibility index (Phi) is 6.22. The van der Waals surface area contributed by atoms with Gasteiger partial charge in [-0.25, -0.2) is 5.43 Å². The van der Waals surface area contributed by atoms with Crippen molar-refractivity contribution in [3.63, 3.8) is 0 Å². The normalized spacial score (nSPS) is 27.6. The van der Waals surface area contributed by atoms with Crippen LogP contribution >= 0.6 is 0 Å². The number of carbonyl (C=O) groups excluding carboxylic acids is 1. The van der Waals surface area contributed by atoms with Crippen LogP contribution in [-0.4, -0.2) is 51.9 Å². The van der Waals surface area contributed by atoms with Crippen LogP contribution in [0.15, 0.2) is 60.7 Å². The van der Waals surface area contributed by atoms with Crippen LogP contribution in [0.5, 0.6) is 0 Å². The lowest BCUT2D eigenvalue weighted by molar-refractivity contribution is -0.225. The minimum Gasteiger partial charge on any atom is -0.387 e. The van der Waals surface area contributed by atoms with Gasteiger partial charge in [0, 0.05) is 5.69 Å². The second-order valence-electron chi connectivity index (χ2n) is 6.06. The summed E-state index contributed by atoms with van der Waals surface area (Å²) in [6.07, 6.45) is -7.12. The largest absolute Gasteiger partial charge is 0.387 e. The van der Waals surface area contributed by atoms with Crippen molar-refractivity contribution in [1.29, 1.82) is 0 Å². The molecule has 9 nitrogen and oxygen atoms in total. The molecule has 0 radical (unpaired) electrons. The molecule has 0 bridgehead atoms. The molecule has 2 aromatic carbocycles. The number of hydrogen-bond donors (Lipinski definition) is 7. The van der Waals surface area contributed by atoms with Crippen molar-refractivity contribution in [1.82, 2.24) is 10.9 Å². The fourth-order valence-corrected chi connectivity index (χ4v) is 2.62. The van der Waals surface area contributed by atoms with Gasteiger partial charge in [0.2, 0.25) is 0 Å². The van der Waals surface area contributed by atoms with Gasteiger partial charge in [0.25, 0.3) is 5.91 Å². The monoisotopic (exact) mass is 374 g/mol. The van der Waals surface area contributed by atoms with Gasteiger partial charge in [-0.3, -0.25) is 15.6 Å². The lowest BCUT2D eigenvalue weighted by atomic mass is 9.98. The van der Waals surface area contributed by atoms with E-state index in [1.807, 2.05) is 24.3 Å². The number of para-hydroxylation sites is 2. The summed E-state index contributed by atoms with van der Waals surface area (Å²) in [5, 5.41) is 30.3. The Morgan fingerprint density at radius 2 is 1.33 bits per heavy atom. The number of hydrazine groups is 2. The van der Waals surface area contributed by atoms with Gasteiger partial charge in [-0.2, -0.15) is 0 Å². The van der Waals surface area contributed by atoms with Gasteiger partial charge in [-0.1, -0.05) is 36.4 Å². The lowest BCUT2D eigenvalue weighted by Gasteiger charge is -2.40. The molecule has 1 heterocycles. The summed E-state index contributed by atoms with van der Waals surface area (Å²) < 4.78 is 5.47. The minimum atomic E-state index is -1.59. The molecule has 9 heteroatoms. The fraction of sp³-hybridized carbons (Fsp3) is 0.278. The number of amides is 1. The smallest absolute Gasteiger partial charge is 0.270 e. The molecule has 1 fully saturated rings. The fourth-order valence-electron chi connectivity index (χ4n) is 2.62. The highest BCUT2D eigenvalue weighted by Gasteiger charge is 2.46. The van der Waals surface area contributed by atoms with E-state index in [-0.39, 0.29) is 0 Å². The molecule has 0 aromatic heterocycles. The first-order valence-corrected chi connectivity index (χ1v) is 8.43. The molecule has 1 amide bonds. The van der Waals surface area contributed by atoms with Crippen LogP contribution in [-0.2, 0) is 9.53 Å². The van der Waals surface area contributed by atoms with Crippen LogP contribution in [0, 0.1) is 0 Å². The number of hydrogen-bond acceptors (Lipinski definition) is 8. The van der Waals surface area contributed by atoms with E-state index in [4.69, 9.17) is 4.74 Å². The predicted octanol–water partition coefficient (Wildman–Crippen LogP) is -0.446. The Labute approximate surface area is 155 Å². The molecule has 1 aliphatic rings. The summed E-state index contributed by atoms with van der Waals surface area (Å²) >= 11 is 0. The number of aliphatic hydroxyl groups is 3. The number of rotatable bonds is 6. The Balaban J connectivity index is 1.60. The molecule has 0 spiro atoms. The molecule has 0 saturated carbocycles. The van der Waals surface area contributed by atoms with Crippen molar-refractivity contribution in [2.75, 3.05) is 10.9 Å². The molecule has 7 N–H and O–H groups in total. The molecule has 144 valence electrons. The van der Waals surface area contributed by atoms with Crippen LogP contribution in [0.4, 0.5) is 11.4 Å². The van der Waals surface area contributed by atoms with E-state index in [0.29, 0.717) is 11.4 Å². The van der Waals surface area contributed by atoms with Crippen LogP contribution in [0.25, 0.3) is 0 Å².